The van der Waals surface area contributed by atoms with Gasteiger partial charge < -0.3 is 9.47 Å². The zero-order valence-corrected chi connectivity index (χ0v) is 6.84. The number of carbonyl (C=O) groups is 1. The number of hydrogen-bond acceptors (Lipinski definition) is 4. The van der Waals surface area contributed by atoms with Crippen molar-refractivity contribution < 1.29 is 14.3 Å². The number of methoxy groups -OCH3 is 1. The van der Waals surface area contributed by atoms with Crippen molar-refractivity contribution in [2.75, 3.05) is 7.11 Å². The van der Waals surface area contributed by atoms with Crippen LogP contribution in [0.1, 0.15) is 0 Å². The van der Waals surface area contributed by atoms with E-state index in [1.807, 2.05) is 17.6 Å². The molecule has 0 amide bonds. The topological polar surface area (TPSA) is 35.5 Å². The largest absolute Gasteiger partial charge is 0.509 e. The van der Waals surface area contributed by atoms with Crippen LogP contribution in [0.4, 0.5) is 4.79 Å². The molecule has 11 heavy (non-hydrogen) atoms. The van der Waals surface area contributed by atoms with Gasteiger partial charge in [-0.3, -0.25) is 0 Å². The molecule has 4 heteroatoms. The van der Waals surface area contributed by atoms with E-state index in [-0.39, 0.29) is 5.44 Å². The van der Waals surface area contributed by atoms with Crippen LogP contribution in [-0.4, -0.2) is 18.7 Å². The van der Waals surface area contributed by atoms with E-state index in [1.54, 1.807) is 6.08 Å². The van der Waals surface area contributed by atoms with Gasteiger partial charge in [-0.1, -0.05) is 23.9 Å². The molecule has 1 atom stereocenters. The number of rotatable bonds is 1. The summed E-state index contributed by atoms with van der Waals surface area (Å²) in [7, 11) is 1.29. The average molecular weight is 172 g/mol. The van der Waals surface area contributed by atoms with E-state index in [0.29, 0.717) is 0 Å². The number of allylic oxidation sites excluding steroid dienone is 2. The van der Waals surface area contributed by atoms with Crippen molar-refractivity contribution in [3.05, 3.63) is 23.6 Å². The second kappa shape index (κ2) is 4.08. The fourth-order valence-electron chi connectivity index (χ4n) is 0.578. The molecule has 0 aromatic heterocycles. The maximum Gasteiger partial charge on any atom is 0.509 e. The van der Waals surface area contributed by atoms with Gasteiger partial charge in [-0.05, 0) is 11.5 Å². The van der Waals surface area contributed by atoms with E-state index < -0.39 is 6.16 Å². The Balaban J connectivity index is 2.33. The second-order valence-electron chi connectivity index (χ2n) is 1.79. The number of thioether (sulfide) groups is 1. The first-order valence-electron chi connectivity index (χ1n) is 3.06. The van der Waals surface area contributed by atoms with Crippen LogP contribution in [-0.2, 0) is 9.47 Å². The quantitative estimate of drug-likeness (QED) is 0.566. The summed E-state index contributed by atoms with van der Waals surface area (Å²) in [5.41, 5.74) is -0.243. The first-order valence-corrected chi connectivity index (χ1v) is 4.00. The Kier molecular flexibility index (Phi) is 3.04. The van der Waals surface area contributed by atoms with Gasteiger partial charge in [0, 0.05) is 0 Å². The Bertz CT molecular complexity index is 198. The smallest absolute Gasteiger partial charge is 0.438 e. The van der Waals surface area contributed by atoms with Crippen molar-refractivity contribution in [3.8, 4) is 0 Å². The SMILES string of the molecule is COC(=O)OC1C=CC=CS1. The Morgan fingerprint density at radius 1 is 1.55 bits per heavy atom. The van der Waals surface area contributed by atoms with Crippen molar-refractivity contribution in [1.82, 2.24) is 0 Å². The van der Waals surface area contributed by atoms with Crippen molar-refractivity contribution >= 4 is 17.9 Å². The summed E-state index contributed by atoms with van der Waals surface area (Å²) in [4.78, 5) is 10.6. The number of hydrogen-bond donors (Lipinski definition) is 0. The Hall–Kier alpha value is -0.900. The lowest BCUT2D eigenvalue weighted by molar-refractivity contribution is 0.0744. The maximum atomic E-state index is 10.6. The molecule has 1 aliphatic rings. The van der Waals surface area contributed by atoms with Gasteiger partial charge in [0.1, 0.15) is 0 Å². The fraction of sp³-hybridized carbons (Fsp3) is 0.286. The van der Waals surface area contributed by atoms with Gasteiger partial charge in [0.25, 0.3) is 0 Å². The minimum atomic E-state index is -0.651. The van der Waals surface area contributed by atoms with Crippen molar-refractivity contribution in [3.63, 3.8) is 0 Å². The molecule has 0 bridgehead atoms. The zero-order valence-electron chi connectivity index (χ0n) is 6.02. The molecular formula is C7H8O3S. The Labute approximate surface area is 69.1 Å². The van der Waals surface area contributed by atoms with Crippen LogP contribution in [0.3, 0.4) is 0 Å². The van der Waals surface area contributed by atoms with E-state index in [4.69, 9.17) is 4.74 Å². The number of ether oxygens (including phenoxy) is 2. The maximum absolute atomic E-state index is 10.6. The molecular weight excluding hydrogens is 164 g/mol. The molecule has 1 unspecified atom stereocenters. The van der Waals surface area contributed by atoms with Crippen molar-refractivity contribution in [2.24, 2.45) is 0 Å². The fourth-order valence-corrected chi connectivity index (χ4v) is 1.23. The van der Waals surface area contributed by atoms with E-state index >= 15 is 0 Å². The molecule has 60 valence electrons. The van der Waals surface area contributed by atoms with Crippen molar-refractivity contribution in [2.45, 2.75) is 5.44 Å². The Morgan fingerprint density at radius 3 is 2.91 bits per heavy atom. The van der Waals surface area contributed by atoms with Crippen molar-refractivity contribution in [1.29, 1.82) is 0 Å². The summed E-state index contributed by atoms with van der Waals surface area (Å²) >= 11 is 1.42. The molecule has 0 aromatic rings. The van der Waals surface area contributed by atoms with Gasteiger partial charge in [0.05, 0.1) is 7.11 Å². The molecule has 1 heterocycles. The molecule has 1 rings (SSSR count). The van der Waals surface area contributed by atoms with Crippen LogP contribution >= 0.6 is 11.8 Å². The lowest BCUT2D eigenvalue weighted by atomic mass is 10.5. The van der Waals surface area contributed by atoms with Crippen LogP contribution in [0.5, 0.6) is 0 Å². The monoisotopic (exact) mass is 172 g/mol. The van der Waals surface area contributed by atoms with Crippen LogP contribution < -0.4 is 0 Å². The highest BCUT2D eigenvalue weighted by Crippen LogP contribution is 2.19. The van der Waals surface area contributed by atoms with Gasteiger partial charge in [0.2, 0.25) is 0 Å². The summed E-state index contributed by atoms with van der Waals surface area (Å²) in [5, 5.41) is 1.85. The van der Waals surface area contributed by atoms with E-state index in [1.165, 1.54) is 18.9 Å². The molecule has 0 aliphatic carbocycles. The minimum absolute atomic E-state index is 0.243. The van der Waals surface area contributed by atoms with E-state index in [2.05, 4.69) is 4.74 Å². The summed E-state index contributed by atoms with van der Waals surface area (Å²) in [6.45, 7) is 0. The first kappa shape index (κ1) is 8.20. The number of carbonyl (C=O) groups excluding carboxylic acids is 1. The molecule has 0 fully saturated rings. The van der Waals surface area contributed by atoms with Crippen LogP contribution in [0, 0.1) is 0 Å². The zero-order chi connectivity index (χ0) is 8.10. The highest BCUT2D eigenvalue weighted by atomic mass is 32.2. The summed E-state index contributed by atoms with van der Waals surface area (Å²) in [6, 6.07) is 0. The normalized spacial score (nSPS) is 21.4. The summed E-state index contributed by atoms with van der Waals surface area (Å²) in [6.07, 6.45) is 4.83. The highest BCUT2D eigenvalue weighted by molar-refractivity contribution is 8.02. The Morgan fingerprint density at radius 2 is 2.36 bits per heavy atom. The van der Waals surface area contributed by atoms with Gasteiger partial charge in [-0.2, -0.15) is 0 Å². The van der Waals surface area contributed by atoms with Gasteiger partial charge in [0.15, 0.2) is 5.44 Å². The van der Waals surface area contributed by atoms with E-state index in [0.717, 1.165) is 0 Å². The lowest BCUT2D eigenvalue weighted by Crippen LogP contribution is -2.12. The summed E-state index contributed by atoms with van der Waals surface area (Å²) in [5.74, 6) is 0. The van der Waals surface area contributed by atoms with Gasteiger partial charge >= 0.3 is 6.16 Å². The molecule has 1 aliphatic heterocycles. The van der Waals surface area contributed by atoms with Gasteiger partial charge in [-0.25, -0.2) is 4.79 Å². The second-order valence-corrected chi connectivity index (χ2v) is 2.80. The van der Waals surface area contributed by atoms with E-state index in [9.17, 15) is 4.79 Å². The predicted molar refractivity (Wildman–Crippen MR) is 43.1 cm³/mol. The molecule has 0 saturated carbocycles. The van der Waals surface area contributed by atoms with Crippen LogP contribution in [0.15, 0.2) is 23.6 Å². The highest BCUT2D eigenvalue weighted by Gasteiger charge is 2.11. The molecule has 0 aromatic carbocycles. The predicted octanol–water partition coefficient (Wildman–Crippen LogP) is 1.91. The average Bonchev–Trinajstić information content (AvgIpc) is 2.06. The third kappa shape index (κ3) is 2.67. The first-order chi connectivity index (χ1) is 5.33. The molecule has 0 radical (unpaired) electrons. The third-order valence-electron chi connectivity index (χ3n) is 1.05. The van der Waals surface area contributed by atoms with Gasteiger partial charge in [-0.15, -0.1) is 0 Å². The molecule has 0 N–H and O–H groups in total. The molecule has 3 nitrogen and oxygen atoms in total. The minimum Gasteiger partial charge on any atom is -0.438 e. The molecule has 0 saturated heterocycles. The third-order valence-corrected chi connectivity index (χ3v) is 1.89. The lowest BCUT2D eigenvalue weighted by Gasteiger charge is -2.11. The molecule has 0 spiro atoms. The van der Waals surface area contributed by atoms with Crippen LogP contribution in [0.25, 0.3) is 0 Å². The standard InChI is InChI=1S/C7H8O3S/c1-9-7(8)10-6-4-2-3-5-11-6/h2-6H,1H3. The summed E-state index contributed by atoms with van der Waals surface area (Å²) < 4.78 is 9.12. The van der Waals surface area contributed by atoms with Crippen LogP contribution in [0.2, 0.25) is 0 Å².